The molecule has 2 N–H and O–H groups in total. The van der Waals surface area contributed by atoms with E-state index in [0.29, 0.717) is 0 Å². The molecule has 0 fully saturated rings. The van der Waals surface area contributed by atoms with Crippen LogP contribution in [-0.4, -0.2) is 41.5 Å². The summed E-state index contributed by atoms with van der Waals surface area (Å²) in [6, 6.07) is -0.421. The summed E-state index contributed by atoms with van der Waals surface area (Å²) in [7, 11) is 0. The number of nitriles is 1. The summed E-state index contributed by atoms with van der Waals surface area (Å²) < 4.78 is 4.27. The minimum Gasteiger partial charge on any atom is -0.460 e. The van der Waals surface area contributed by atoms with Crippen LogP contribution >= 0.6 is 0 Å². The fourth-order valence-corrected chi connectivity index (χ4v) is 0.429. The van der Waals surface area contributed by atoms with Crippen LogP contribution in [0.1, 0.15) is 0 Å². The minimum absolute atomic E-state index is 0.469. The molecule has 0 radical (unpaired) electrons. The molecule has 0 aliphatic carbocycles. The molecule has 0 aromatic carbocycles. The van der Waals surface area contributed by atoms with Crippen molar-refractivity contribution in [3.8, 4) is 6.07 Å². The number of carbonyl (C=O) groups excluding carboxylic acids is 1. The van der Waals surface area contributed by atoms with Crippen molar-refractivity contribution >= 4 is 5.97 Å². The fraction of sp³-hybridized carbons (Fsp3) is 0.667. The molecule has 0 amide bonds. The third-order valence-electron chi connectivity index (χ3n) is 1.08. The standard InChI is InChI=1S/C6H8N2O5/c7-1-5(8-12)6(11)13-3-4(10)2-9/h4-5,9-10H,2-3H2. The molecule has 2 atom stereocenters. The summed E-state index contributed by atoms with van der Waals surface area (Å²) in [6.07, 6.45) is -1.21. The van der Waals surface area contributed by atoms with Gasteiger partial charge in [-0.05, 0) is 5.18 Å². The lowest BCUT2D eigenvalue weighted by atomic mass is 10.3. The second-order valence-corrected chi connectivity index (χ2v) is 2.10. The second kappa shape index (κ2) is 6.05. The number of nitroso groups, excluding NO2 is 1. The SMILES string of the molecule is N#CC(N=O)C(=O)OCC(O)CO. The molecule has 2 unspecified atom stereocenters. The van der Waals surface area contributed by atoms with E-state index in [4.69, 9.17) is 15.5 Å². The first-order valence-electron chi connectivity index (χ1n) is 3.33. The van der Waals surface area contributed by atoms with Gasteiger partial charge in [-0.3, -0.25) is 0 Å². The Morgan fingerprint density at radius 1 is 1.69 bits per heavy atom. The Kier molecular flexibility index (Phi) is 5.34. The number of rotatable bonds is 5. The van der Waals surface area contributed by atoms with E-state index in [0.717, 1.165) is 0 Å². The lowest BCUT2D eigenvalue weighted by Crippen LogP contribution is -2.26. The normalized spacial score (nSPS) is 13.9. The maximum absolute atomic E-state index is 10.7. The van der Waals surface area contributed by atoms with Crippen molar-refractivity contribution in [2.45, 2.75) is 12.1 Å². The zero-order chi connectivity index (χ0) is 10.3. The Morgan fingerprint density at radius 2 is 2.31 bits per heavy atom. The van der Waals surface area contributed by atoms with Crippen LogP contribution in [0, 0.1) is 16.2 Å². The van der Waals surface area contributed by atoms with Crippen LogP contribution in [0.3, 0.4) is 0 Å². The van der Waals surface area contributed by atoms with Crippen molar-refractivity contribution < 1.29 is 19.7 Å². The van der Waals surface area contributed by atoms with Crippen molar-refractivity contribution in [1.82, 2.24) is 0 Å². The molecule has 0 rings (SSSR count). The number of aliphatic hydroxyl groups excluding tert-OH is 2. The summed E-state index contributed by atoms with van der Waals surface area (Å²) in [5, 5.41) is 27.4. The van der Waals surface area contributed by atoms with Crippen molar-refractivity contribution in [2.75, 3.05) is 13.2 Å². The van der Waals surface area contributed by atoms with Gasteiger partial charge in [-0.25, -0.2) is 4.79 Å². The van der Waals surface area contributed by atoms with Gasteiger partial charge < -0.3 is 14.9 Å². The smallest absolute Gasteiger partial charge is 0.349 e. The number of esters is 1. The molecule has 0 saturated carbocycles. The van der Waals surface area contributed by atoms with Gasteiger partial charge in [-0.1, -0.05) is 0 Å². The summed E-state index contributed by atoms with van der Waals surface area (Å²) in [4.78, 5) is 20.5. The molecule has 0 aliphatic rings. The van der Waals surface area contributed by atoms with Gasteiger partial charge in [0.2, 0.25) is 0 Å². The molecular formula is C6H8N2O5. The summed E-state index contributed by atoms with van der Waals surface area (Å²) in [6.45, 7) is -1.04. The first-order valence-corrected chi connectivity index (χ1v) is 3.33. The zero-order valence-electron chi connectivity index (χ0n) is 6.58. The average Bonchev–Trinajstić information content (AvgIpc) is 2.16. The third kappa shape index (κ3) is 4.15. The molecule has 72 valence electrons. The molecule has 0 aromatic heterocycles. The van der Waals surface area contributed by atoms with Gasteiger partial charge in [-0.2, -0.15) is 5.26 Å². The molecule has 7 heteroatoms. The van der Waals surface area contributed by atoms with Gasteiger partial charge in [0.05, 0.1) is 6.61 Å². The highest BCUT2D eigenvalue weighted by atomic mass is 16.5. The highest BCUT2D eigenvalue weighted by Crippen LogP contribution is 1.94. The predicted molar refractivity (Wildman–Crippen MR) is 39.2 cm³/mol. The summed E-state index contributed by atoms with van der Waals surface area (Å²) in [5.74, 6) is -1.13. The van der Waals surface area contributed by atoms with Gasteiger partial charge in [0, 0.05) is 0 Å². The zero-order valence-corrected chi connectivity index (χ0v) is 6.58. The Morgan fingerprint density at radius 3 is 2.69 bits per heavy atom. The van der Waals surface area contributed by atoms with E-state index >= 15 is 0 Å². The number of hydrogen-bond acceptors (Lipinski definition) is 7. The quantitative estimate of drug-likeness (QED) is 0.402. The van der Waals surface area contributed by atoms with Crippen molar-refractivity contribution in [3.05, 3.63) is 4.91 Å². The molecule has 0 aliphatic heterocycles. The highest BCUT2D eigenvalue weighted by Gasteiger charge is 2.20. The largest absolute Gasteiger partial charge is 0.460 e. The van der Waals surface area contributed by atoms with E-state index in [1.165, 1.54) is 6.07 Å². The number of ether oxygens (including phenoxy) is 1. The van der Waals surface area contributed by atoms with Crippen molar-refractivity contribution in [3.63, 3.8) is 0 Å². The Bertz CT molecular complexity index is 224. The van der Waals surface area contributed by atoms with Crippen LogP contribution in [0.5, 0.6) is 0 Å². The molecule has 7 nitrogen and oxygen atoms in total. The Balaban J connectivity index is 3.87. The maximum atomic E-state index is 10.7. The maximum Gasteiger partial charge on any atom is 0.349 e. The van der Waals surface area contributed by atoms with Crippen LogP contribution in [-0.2, 0) is 9.53 Å². The first-order chi connectivity index (χ1) is 6.15. The van der Waals surface area contributed by atoms with Crippen LogP contribution in [0.25, 0.3) is 0 Å². The van der Waals surface area contributed by atoms with E-state index in [2.05, 4.69) is 9.91 Å². The number of aliphatic hydroxyl groups is 2. The molecule has 0 aromatic rings. The minimum atomic E-state index is -1.72. The highest BCUT2D eigenvalue weighted by molar-refractivity contribution is 5.78. The monoisotopic (exact) mass is 188 g/mol. The molecule has 0 bridgehead atoms. The Labute approximate surface area is 73.5 Å². The fourth-order valence-electron chi connectivity index (χ4n) is 0.429. The van der Waals surface area contributed by atoms with E-state index in [1.54, 1.807) is 0 Å². The van der Waals surface area contributed by atoms with E-state index < -0.39 is 31.3 Å². The summed E-state index contributed by atoms with van der Waals surface area (Å²) >= 11 is 0. The number of carbonyl (C=O) groups is 1. The summed E-state index contributed by atoms with van der Waals surface area (Å²) in [5.41, 5.74) is 0. The molecule has 0 heterocycles. The third-order valence-corrected chi connectivity index (χ3v) is 1.08. The molecule has 0 saturated heterocycles. The Hall–Kier alpha value is -1.52. The second-order valence-electron chi connectivity index (χ2n) is 2.10. The van der Waals surface area contributed by atoms with Gasteiger partial charge in [0.25, 0.3) is 6.04 Å². The van der Waals surface area contributed by atoms with Crippen LogP contribution < -0.4 is 0 Å². The predicted octanol–water partition coefficient (Wildman–Crippen LogP) is -1.46. The van der Waals surface area contributed by atoms with Crippen molar-refractivity contribution in [2.24, 2.45) is 5.18 Å². The molecule has 13 heavy (non-hydrogen) atoms. The number of hydrogen-bond donors (Lipinski definition) is 2. The lowest BCUT2D eigenvalue weighted by Gasteiger charge is -2.07. The molecular weight excluding hydrogens is 180 g/mol. The van der Waals surface area contributed by atoms with Gasteiger partial charge >= 0.3 is 5.97 Å². The number of nitrogens with zero attached hydrogens (tertiary/aromatic N) is 2. The first kappa shape index (κ1) is 11.5. The molecule has 0 spiro atoms. The van der Waals surface area contributed by atoms with E-state index in [1.807, 2.05) is 0 Å². The topological polar surface area (TPSA) is 120 Å². The van der Waals surface area contributed by atoms with E-state index in [9.17, 15) is 9.70 Å². The van der Waals surface area contributed by atoms with Crippen LogP contribution in [0.2, 0.25) is 0 Å². The lowest BCUT2D eigenvalue weighted by molar-refractivity contribution is -0.147. The van der Waals surface area contributed by atoms with Crippen LogP contribution in [0.15, 0.2) is 5.18 Å². The van der Waals surface area contributed by atoms with E-state index in [-0.39, 0.29) is 0 Å². The average molecular weight is 188 g/mol. The van der Waals surface area contributed by atoms with Gasteiger partial charge in [0.1, 0.15) is 18.8 Å². The van der Waals surface area contributed by atoms with Gasteiger partial charge in [-0.15, -0.1) is 4.91 Å². The van der Waals surface area contributed by atoms with Crippen molar-refractivity contribution in [1.29, 1.82) is 5.26 Å². The van der Waals surface area contributed by atoms with Gasteiger partial charge in [0.15, 0.2) is 0 Å². The van der Waals surface area contributed by atoms with Crippen LogP contribution in [0.4, 0.5) is 0 Å².